The fourth-order valence-electron chi connectivity index (χ4n) is 2.24. The van der Waals surface area contributed by atoms with Crippen LogP contribution in [-0.2, 0) is 6.54 Å². The van der Waals surface area contributed by atoms with Gasteiger partial charge < -0.3 is 15.2 Å². The molecule has 23 heavy (non-hydrogen) atoms. The van der Waals surface area contributed by atoms with E-state index in [1.54, 1.807) is 18.2 Å². The van der Waals surface area contributed by atoms with Gasteiger partial charge in [0, 0.05) is 22.3 Å². The zero-order chi connectivity index (χ0) is 17.0. The number of hydrogen-bond acceptors (Lipinski definition) is 3. The Hall–Kier alpha value is -2.01. The number of aryl methyl sites for hydroxylation is 1. The van der Waals surface area contributed by atoms with Gasteiger partial charge >= 0.3 is 5.97 Å². The number of aromatic carboxylic acids is 1. The van der Waals surface area contributed by atoms with Crippen molar-refractivity contribution in [2.45, 2.75) is 33.4 Å². The molecule has 0 bridgehead atoms. The summed E-state index contributed by atoms with van der Waals surface area (Å²) < 4.78 is 6.82. The molecule has 0 atom stereocenters. The number of nitrogens with one attached hydrogen (secondary N) is 1. The molecule has 2 aromatic rings. The number of carboxylic acid groups (broad SMARTS) is 1. The van der Waals surface area contributed by atoms with Gasteiger partial charge in [-0.15, -0.1) is 0 Å². The average Bonchev–Trinajstić information content (AvgIpc) is 2.47. The van der Waals surface area contributed by atoms with E-state index in [1.807, 2.05) is 39.0 Å². The molecule has 5 heteroatoms. The molecule has 2 aromatic carbocycles. The number of carboxylic acids is 1. The molecule has 122 valence electrons. The van der Waals surface area contributed by atoms with Gasteiger partial charge in [0.25, 0.3) is 0 Å². The van der Waals surface area contributed by atoms with Gasteiger partial charge in [-0.3, -0.25) is 0 Å². The topological polar surface area (TPSA) is 58.6 Å². The molecular weight excluding hydrogens is 358 g/mol. The van der Waals surface area contributed by atoms with Gasteiger partial charge in [-0.25, -0.2) is 4.79 Å². The summed E-state index contributed by atoms with van der Waals surface area (Å²) in [6.07, 6.45) is 0.103. The summed E-state index contributed by atoms with van der Waals surface area (Å²) in [4.78, 5) is 11.0. The van der Waals surface area contributed by atoms with Crippen molar-refractivity contribution >= 4 is 27.6 Å². The first-order valence-corrected chi connectivity index (χ1v) is 8.19. The zero-order valence-electron chi connectivity index (χ0n) is 13.4. The van der Waals surface area contributed by atoms with Crippen LogP contribution in [0.2, 0.25) is 0 Å². The van der Waals surface area contributed by atoms with Crippen molar-refractivity contribution in [3.63, 3.8) is 0 Å². The Labute approximate surface area is 144 Å². The summed E-state index contributed by atoms with van der Waals surface area (Å²) in [5.41, 5.74) is 3.13. The van der Waals surface area contributed by atoms with Crippen LogP contribution < -0.4 is 10.1 Å². The highest BCUT2D eigenvalue weighted by molar-refractivity contribution is 9.10. The van der Waals surface area contributed by atoms with Crippen LogP contribution >= 0.6 is 15.9 Å². The average molecular weight is 378 g/mol. The fourth-order valence-corrected chi connectivity index (χ4v) is 2.65. The van der Waals surface area contributed by atoms with Crippen LogP contribution in [-0.4, -0.2) is 17.2 Å². The molecule has 0 heterocycles. The van der Waals surface area contributed by atoms with Crippen LogP contribution in [0.5, 0.6) is 5.75 Å². The van der Waals surface area contributed by atoms with E-state index in [2.05, 4.69) is 21.2 Å². The molecule has 0 spiro atoms. The van der Waals surface area contributed by atoms with E-state index in [0.29, 0.717) is 12.1 Å². The summed E-state index contributed by atoms with van der Waals surface area (Å²) in [5.74, 6) is -0.0743. The van der Waals surface area contributed by atoms with Crippen molar-refractivity contribution in [2.24, 2.45) is 0 Å². The minimum absolute atomic E-state index is 0.103. The van der Waals surface area contributed by atoms with E-state index >= 15 is 0 Å². The lowest BCUT2D eigenvalue weighted by atomic mass is 10.1. The van der Waals surface area contributed by atoms with Gasteiger partial charge in [0.05, 0.1) is 11.7 Å². The van der Waals surface area contributed by atoms with Crippen molar-refractivity contribution < 1.29 is 14.6 Å². The molecular formula is C18H20BrNO3. The number of anilines is 1. The highest BCUT2D eigenvalue weighted by Gasteiger charge is 2.09. The molecule has 0 unspecified atom stereocenters. The number of rotatable bonds is 6. The minimum atomic E-state index is -0.917. The first-order valence-electron chi connectivity index (χ1n) is 7.39. The van der Waals surface area contributed by atoms with Crippen LogP contribution in [0.3, 0.4) is 0 Å². The lowest BCUT2D eigenvalue weighted by Gasteiger charge is -2.16. The first-order chi connectivity index (χ1) is 10.9. The second-order valence-electron chi connectivity index (χ2n) is 5.61. The van der Waals surface area contributed by atoms with Crippen LogP contribution in [0.15, 0.2) is 40.9 Å². The highest BCUT2D eigenvalue weighted by Crippen LogP contribution is 2.26. The summed E-state index contributed by atoms with van der Waals surface area (Å²) in [5, 5.41) is 12.4. The molecule has 2 N–H and O–H groups in total. The maximum absolute atomic E-state index is 11.0. The summed E-state index contributed by atoms with van der Waals surface area (Å²) in [6, 6.07) is 11.0. The molecule has 0 saturated carbocycles. The van der Waals surface area contributed by atoms with Crippen LogP contribution in [0, 0.1) is 6.92 Å². The number of carbonyl (C=O) groups is 1. The minimum Gasteiger partial charge on any atom is -0.491 e. The number of benzene rings is 2. The maximum atomic E-state index is 11.0. The Morgan fingerprint density at radius 1 is 1.26 bits per heavy atom. The Bertz CT molecular complexity index is 713. The smallest absolute Gasteiger partial charge is 0.335 e. The third kappa shape index (κ3) is 4.73. The summed E-state index contributed by atoms with van der Waals surface area (Å²) in [7, 11) is 0. The van der Waals surface area contributed by atoms with Gasteiger partial charge in [-0.2, -0.15) is 0 Å². The van der Waals surface area contributed by atoms with Crippen molar-refractivity contribution in [3.05, 3.63) is 57.6 Å². The second-order valence-corrected chi connectivity index (χ2v) is 6.52. The molecule has 4 nitrogen and oxygen atoms in total. The zero-order valence-corrected chi connectivity index (χ0v) is 15.0. The van der Waals surface area contributed by atoms with Crippen molar-refractivity contribution in [2.75, 3.05) is 5.32 Å². The van der Waals surface area contributed by atoms with Crippen molar-refractivity contribution in [1.29, 1.82) is 0 Å². The lowest BCUT2D eigenvalue weighted by molar-refractivity contribution is 0.0697. The van der Waals surface area contributed by atoms with Gasteiger partial charge in [-0.1, -0.05) is 15.9 Å². The van der Waals surface area contributed by atoms with E-state index in [0.717, 1.165) is 27.0 Å². The Kier molecular flexibility index (Phi) is 5.66. The maximum Gasteiger partial charge on any atom is 0.335 e. The molecule has 2 rings (SSSR count). The summed E-state index contributed by atoms with van der Waals surface area (Å²) in [6.45, 7) is 6.47. The van der Waals surface area contributed by atoms with Gasteiger partial charge in [-0.05, 0) is 62.7 Å². The standard InChI is InChI=1S/C18H20BrNO3/c1-11(2)23-17-7-5-15(19)9-14(17)10-20-16-6-4-13(18(21)22)8-12(16)3/h4-9,11,20H,10H2,1-3H3,(H,21,22). The van der Waals surface area contributed by atoms with Crippen LogP contribution in [0.1, 0.15) is 35.3 Å². The molecule has 0 fully saturated rings. The Morgan fingerprint density at radius 2 is 2.00 bits per heavy atom. The fraction of sp³-hybridized carbons (Fsp3) is 0.278. The van der Waals surface area contributed by atoms with Gasteiger partial charge in [0.2, 0.25) is 0 Å². The van der Waals surface area contributed by atoms with Crippen LogP contribution in [0.25, 0.3) is 0 Å². The molecule has 0 aliphatic carbocycles. The molecule has 0 aromatic heterocycles. The molecule has 0 amide bonds. The lowest BCUT2D eigenvalue weighted by Crippen LogP contribution is -2.10. The number of ether oxygens (including phenoxy) is 1. The predicted molar refractivity (Wildman–Crippen MR) is 95.4 cm³/mol. The van der Waals surface area contributed by atoms with Crippen molar-refractivity contribution in [3.8, 4) is 5.75 Å². The molecule has 0 aliphatic heterocycles. The quantitative estimate of drug-likeness (QED) is 0.754. The molecule has 0 aliphatic rings. The number of halogens is 1. The SMILES string of the molecule is Cc1cc(C(=O)O)ccc1NCc1cc(Br)ccc1OC(C)C. The predicted octanol–water partition coefficient (Wildman–Crippen LogP) is 4.86. The van der Waals surface area contributed by atoms with E-state index in [1.165, 1.54) is 0 Å². The normalized spacial score (nSPS) is 10.7. The van der Waals surface area contributed by atoms with E-state index in [4.69, 9.17) is 9.84 Å². The highest BCUT2D eigenvalue weighted by atomic mass is 79.9. The Balaban J connectivity index is 2.17. The van der Waals surface area contributed by atoms with E-state index in [9.17, 15) is 4.79 Å². The Morgan fingerprint density at radius 3 is 2.61 bits per heavy atom. The monoisotopic (exact) mass is 377 g/mol. The number of hydrogen-bond donors (Lipinski definition) is 2. The van der Waals surface area contributed by atoms with E-state index in [-0.39, 0.29) is 6.10 Å². The molecule has 0 saturated heterocycles. The molecule has 0 radical (unpaired) electrons. The second kappa shape index (κ2) is 7.51. The largest absolute Gasteiger partial charge is 0.491 e. The van der Waals surface area contributed by atoms with Gasteiger partial charge in [0.1, 0.15) is 5.75 Å². The first kappa shape index (κ1) is 17.3. The summed E-state index contributed by atoms with van der Waals surface area (Å²) >= 11 is 3.48. The van der Waals surface area contributed by atoms with Crippen molar-refractivity contribution in [1.82, 2.24) is 0 Å². The van der Waals surface area contributed by atoms with Crippen LogP contribution in [0.4, 0.5) is 5.69 Å². The van der Waals surface area contributed by atoms with Gasteiger partial charge in [0.15, 0.2) is 0 Å². The third-order valence-corrected chi connectivity index (χ3v) is 3.82. The van der Waals surface area contributed by atoms with E-state index < -0.39 is 5.97 Å². The third-order valence-electron chi connectivity index (χ3n) is 3.33.